The summed E-state index contributed by atoms with van der Waals surface area (Å²) >= 11 is 0. The van der Waals surface area contributed by atoms with Gasteiger partial charge in [-0.25, -0.2) is 0 Å². The van der Waals surface area contributed by atoms with Crippen LogP contribution in [-0.4, -0.2) is 4.57 Å². The van der Waals surface area contributed by atoms with Gasteiger partial charge in [0, 0.05) is 18.1 Å². The predicted molar refractivity (Wildman–Crippen MR) is 49.6 cm³/mol. The quantitative estimate of drug-likeness (QED) is 0.622. The van der Waals surface area contributed by atoms with Gasteiger partial charge in [0.15, 0.2) is 0 Å². The van der Waals surface area contributed by atoms with E-state index in [0.717, 1.165) is 0 Å². The first-order valence-electron chi connectivity index (χ1n) is 4.08. The van der Waals surface area contributed by atoms with Crippen LogP contribution in [0.2, 0.25) is 0 Å². The van der Waals surface area contributed by atoms with Gasteiger partial charge in [0.25, 0.3) is 0 Å². The minimum absolute atomic E-state index is 1.17. The number of aryl methyl sites for hydroxylation is 1. The molecule has 0 unspecified atom stereocenters. The van der Waals surface area contributed by atoms with Crippen molar-refractivity contribution in [1.82, 2.24) is 4.57 Å². The fourth-order valence-electron chi connectivity index (χ4n) is 1.30. The molecule has 11 heavy (non-hydrogen) atoms. The highest BCUT2D eigenvalue weighted by molar-refractivity contribution is 5.30. The molecule has 0 aliphatic heterocycles. The predicted octanol–water partition coefficient (Wildman–Crippen LogP) is 2.85. The average molecular weight is 149 g/mol. The summed E-state index contributed by atoms with van der Waals surface area (Å²) in [6.45, 7) is 8.06. The van der Waals surface area contributed by atoms with Crippen LogP contribution >= 0.6 is 0 Å². The van der Waals surface area contributed by atoms with Crippen LogP contribution in [0, 0.1) is 6.92 Å². The summed E-state index contributed by atoms with van der Waals surface area (Å²) in [5, 5.41) is 0. The maximum absolute atomic E-state index is 3.73. The van der Waals surface area contributed by atoms with E-state index in [1.807, 2.05) is 6.20 Å². The van der Waals surface area contributed by atoms with Crippen molar-refractivity contribution in [2.75, 3.05) is 0 Å². The topological polar surface area (TPSA) is 4.93 Å². The zero-order valence-electron chi connectivity index (χ0n) is 7.30. The summed E-state index contributed by atoms with van der Waals surface area (Å²) in [5.41, 5.74) is 2.76. The lowest BCUT2D eigenvalue weighted by Crippen LogP contribution is -1.89. The fraction of sp³-hybridized carbons (Fsp3) is 0.400. The van der Waals surface area contributed by atoms with Gasteiger partial charge in [0.2, 0.25) is 0 Å². The second kappa shape index (κ2) is 3.42. The van der Waals surface area contributed by atoms with Crippen LogP contribution in [0.3, 0.4) is 0 Å². The highest BCUT2D eigenvalue weighted by Crippen LogP contribution is 2.11. The maximum atomic E-state index is 3.73. The van der Waals surface area contributed by atoms with Crippen LogP contribution in [-0.2, 0) is 6.42 Å². The number of aromatic nitrogens is 1. The molecule has 0 N–H and O–H groups in total. The molecule has 0 radical (unpaired) electrons. The molecule has 0 spiro atoms. The molecule has 0 saturated heterocycles. The summed E-state index contributed by atoms with van der Waals surface area (Å²) in [6, 6.07) is 2.17. The highest BCUT2D eigenvalue weighted by atomic mass is 14.9. The molecule has 1 rings (SSSR count). The van der Waals surface area contributed by atoms with E-state index >= 15 is 0 Å². The van der Waals surface area contributed by atoms with Crippen molar-refractivity contribution in [3.63, 3.8) is 0 Å². The SMILES string of the molecule is C=Cn1ccc(CCC)c1C. The van der Waals surface area contributed by atoms with Gasteiger partial charge in [-0.05, 0) is 25.0 Å². The molecular weight excluding hydrogens is 134 g/mol. The molecule has 0 aromatic carbocycles. The third kappa shape index (κ3) is 1.53. The second-order valence-electron chi connectivity index (χ2n) is 2.77. The summed E-state index contributed by atoms with van der Waals surface area (Å²) in [5.74, 6) is 0. The molecule has 0 atom stereocenters. The van der Waals surface area contributed by atoms with Crippen LogP contribution in [0.4, 0.5) is 0 Å². The van der Waals surface area contributed by atoms with Crippen molar-refractivity contribution < 1.29 is 0 Å². The molecule has 0 saturated carbocycles. The Hall–Kier alpha value is -0.980. The largest absolute Gasteiger partial charge is 0.328 e. The lowest BCUT2D eigenvalue weighted by molar-refractivity contribution is 0.905. The zero-order chi connectivity index (χ0) is 8.27. The smallest absolute Gasteiger partial charge is 0.0221 e. The van der Waals surface area contributed by atoms with Gasteiger partial charge in [-0.15, -0.1) is 0 Å². The Bertz CT molecular complexity index is 245. The highest BCUT2D eigenvalue weighted by Gasteiger charge is 1.99. The molecule has 0 fully saturated rings. The standard InChI is InChI=1S/C10H15N/c1-4-6-10-7-8-11(5-2)9(10)3/h5,7-8H,2,4,6H2,1,3H3. The number of rotatable bonds is 3. The van der Waals surface area contributed by atoms with Crippen molar-refractivity contribution in [3.8, 4) is 0 Å². The van der Waals surface area contributed by atoms with Crippen LogP contribution in [0.1, 0.15) is 24.6 Å². The maximum Gasteiger partial charge on any atom is 0.0221 e. The average Bonchev–Trinajstić information content (AvgIpc) is 2.34. The van der Waals surface area contributed by atoms with Gasteiger partial charge < -0.3 is 4.57 Å². The molecule has 1 aromatic heterocycles. The van der Waals surface area contributed by atoms with Gasteiger partial charge in [-0.1, -0.05) is 19.9 Å². The van der Waals surface area contributed by atoms with Gasteiger partial charge in [-0.2, -0.15) is 0 Å². The van der Waals surface area contributed by atoms with Crippen molar-refractivity contribution >= 4 is 6.20 Å². The summed E-state index contributed by atoms with van der Waals surface area (Å²) in [6.07, 6.45) is 6.29. The van der Waals surface area contributed by atoms with Crippen LogP contribution in [0.15, 0.2) is 18.8 Å². The lowest BCUT2D eigenvalue weighted by Gasteiger charge is -1.99. The third-order valence-electron chi connectivity index (χ3n) is 2.00. The third-order valence-corrected chi connectivity index (χ3v) is 2.00. The van der Waals surface area contributed by atoms with Crippen LogP contribution in [0.25, 0.3) is 6.20 Å². The van der Waals surface area contributed by atoms with E-state index < -0.39 is 0 Å². The van der Waals surface area contributed by atoms with Gasteiger partial charge in [0.05, 0.1) is 0 Å². The van der Waals surface area contributed by atoms with Gasteiger partial charge in [0.1, 0.15) is 0 Å². The summed E-state index contributed by atoms with van der Waals surface area (Å²) in [4.78, 5) is 0. The van der Waals surface area contributed by atoms with Crippen molar-refractivity contribution in [3.05, 3.63) is 30.1 Å². The van der Waals surface area contributed by atoms with E-state index in [1.165, 1.54) is 24.1 Å². The normalized spacial score (nSPS) is 10.0. The molecule has 0 bridgehead atoms. The first kappa shape index (κ1) is 8.12. The molecule has 1 nitrogen and oxygen atoms in total. The Morgan fingerprint density at radius 3 is 2.82 bits per heavy atom. The summed E-state index contributed by atoms with van der Waals surface area (Å²) < 4.78 is 2.06. The Balaban J connectivity index is 2.90. The molecular formula is C10H15N. The fourth-order valence-corrected chi connectivity index (χ4v) is 1.30. The van der Waals surface area contributed by atoms with E-state index in [-0.39, 0.29) is 0 Å². The zero-order valence-corrected chi connectivity index (χ0v) is 7.30. The molecule has 0 amide bonds. The lowest BCUT2D eigenvalue weighted by atomic mass is 10.1. The van der Waals surface area contributed by atoms with Gasteiger partial charge in [-0.3, -0.25) is 0 Å². The molecule has 0 aliphatic carbocycles. The Labute approximate surface area is 68.4 Å². The first-order chi connectivity index (χ1) is 5.29. The molecule has 1 aromatic rings. The first-order valence-corrected chi connectivity index (χ1v) is 4.08. The molecule has 60 valence electrons. The van der Waals surface area contributed by atoms with Gasteiger partial charge >= 0.3 is 0 Å². The molecule has 1 heterocycles. The minimum atomic E-state index is 1.17. The van der Waals surface area contributed by atoms with E-state index in [1.54, 1.807) is 0 Å². The number of hydrogen-bond acceptors (Lipinski definition) is 0. The summed E-state index contributed by atoms with van der Waals surface area (Å²) in [7, 11) is 0. The number of hydrogen-bond donors (Lipinski definition) is 0. The van der Waals surface area contributed by atoms with Crippen LogP contribution in [0.5, 0.6) is 0 Å². The van der Waals surface area contributed by atoms with E-state index in [2.05, 4.69) is 37.3 Å². The Morgan fingerprint density at radius 2 is 2.36 bits per heavy atom. The molecule has 0 aliphatic rings. The van der Waals surface area contributed by atoms with E-state index in [4.69, 9.17) is 0 Å². The van der Waals surface area contributed by atoms with E-state index in [9.17, 15) is 0 Å². The second-order valence-corrected chi connectivity index (χ2v) is 2.77. The monoisotopic (exact) mass is 149 g/mol. The van der Waals surface area contributed by atoms with Crippen molar-refractivity contribution in [2.24, 2.45) is 0 Å². The van der Waals surface area contributed by atoms with E-state index in [0.29, 0.717) is 0 Å². The Kier molecular flexibility index (Phi) is 2.53. The Morgan fingerprint density at radius 1 is 1.64 bits per heavy atom. The minimum Gasteiger partial charge on any atom is -0.328 e. The van der Waals surface area contributed by atoms with Crippen molar-refractivity contribution in [1.29, 1.82) is 0 Å². The van der Waals surface area contributed by atoms with Crippen molar-refractivity contribution in [2.45, 2.75) is 26.7 Å². The number of nitrogens with zero attached hydrogens (tertiary/aromatic N) is 1. The molecule has 1 heteroatoms. The van der Waals surface area contributed by atoms with Crippen LogP contribution < -0.4 is 0 Å².